The van der Waals surface area contributed by atoms with Crippen LogP contribution in [0.25, 0.3) is 11.2 Å². The lowest BCUT2D eigenvalue weighted by Crippen LogP contribution is -1.90. The van der Waals surface area contributed by atoms with E-state index in [1.165, 1.54) is 12.5 Å². The molecule has 6 heteroatoms. The van der Waals surface area contributed by atoms with E-state index in [-0.39, 0.29) is 5.91 Å². The summed E-state index contributed by atoms with van der Waals surface area (Å²) in [5, 5.41) is 7.18. The lowest BCUT2D eigenvalue weighted by Gasteiger charge is -1.92. The molecule has 0 aromatic carbocycles. The van der Waals surface area contributed by atoms with E-state index in [4.69, 9.17) is 0 Å². The molecule has 1 aliphatic rings. The molecule has 0 radical (unpaired) electrons. The Morgan fingerprint density at radius 3 is 3.08 bits per heavy atom. The van der Waals surface area contributed by atoms with Crippen molar-refractivity contribution in [2.24, 2.45) is 10.2 Å². The predicted molar refractivity (Wildman–Crippen MR) is 42.7 cm³/mol. The van der Waals surface area contributed by atoms with Gasteiger partial charge in [-0.3, -0.25) is 4.79 Å². The summed E-state index contributed by atoms with van der Waals surface area (Å²) in [6.45, 7) is 0. The molecule has 0 atom stereocenters. The fraction of sp³-hybridized carbons (Fsp3) is 0. The lowest BCUT2D eigenvalue weighted by molar-refractivity contribution is 0.100. The third-order valence-corrected chi connectivity index (χ3v) is 1.90. The topological polar surface area (TPSA) is 83.4 Å². The molecule has 0 saturated carbocycles. The highest BCUT2D eigenvalue weighted by atomic mass is 16.2. The second kappa shape index (κ2) is 1.98. The fourth-order valence-corrected chi connectivity index (χ4v) is 1.29. The van der Waals surface area contributed by atoms with Gasteiger partial charge in [0.15, 0.2) is 5.65 Å². The highest BCUT2D eigenvalue weighted by Crippen LogP contribution is 2.31. The second-order valence-electron chi connectivity index (χ2n) is 2.63. The summed E-state index contributed by atoms with van der Waals surface area (Å²) < 4.78 is 0. The number of carbonyl (C=O) groups is 1. The van der Waals surface area contributed by atoms with Crippen LogP contribution < -0.4 is 0 Å². The zero-order valence-electron chi connectivity index (χ0n) is 6.35. The summed E-state index contributed by atoms with van der Waals surface area (Å²) in [4.78, 5) is 21.9. The van der Waals surface area contributed by atoms with Crippen LogP contribution in [0.1, 0.15) is 10.4 Å². The van der Waals surface area contributed by atoms with E-state index in [9.17, 15) is 4.79 Å². The molecule has 0 bridgehead atoms. The fourth-order valence-electron chi connectivity index (χ4n) is 1.29. The highest BCUT2D eigenvalue weighted by Gasteiger charge is 2.21. The number of nitrogens with zero attached hydrogens (tertiary/aromatic N) is 4. The molecular formula is C7H3N5O. The van der Waals surface area contributed by atoms with Crippen molar-refractivity contribution in [3.05, 3.63) is 18.1 Å². The molecule has 0 spiro atoms. The third kappa shape index (κ3) is 0.689. The molecule has 0 unspecified atom stereocenters. The molecule has 1 aliphatic heterocycles. The normalized spacial score (nSPS) is 14.0. The minimum absolute atomic E-state index is 0.348. The first-order valence-corrected chi connectivity index (χ1v) is 3.64. The Morgan fingerprint density at radius 2 is 2.15 bits per heavy atom. The number of azo groups is 1. The summed E-state index contributed by atoms with van der Waals surface area (Å²) in [6.07, 6.45) is 2.96. The average Bonchev–Trinajstić information content (AvgIpc) is 2.70. The number of hydrogen-bond acceptors (Lipinski definition) is 4. The van der Waals surface area contributed by atoms with Crippen molar-refractivity contribution in [1.82, 2.24) is 15.0 Å². The zero-order valence-corrected chi connectivity index (χ0v) is 6.35. The van der Waals surface area contributed by atoms with Crippen LogP contribution in [-0.4, -0.2) is 20.9 Å². The van der Waals surface area contributed by atoms with Crippen LogP contribution in [0.5, 0.6) is 0 Å². The third-order valence-electron chi connectivity index (χ3n) is 1.90. The first kappa shape index (κ1) is 6.41. The van der Waals surface area contributed by atoms with E-state index >= 15 is 0 Å². The molecule has 0 fully saturated rings. The number of rotatable bonds is 0. The molecule has 2 aromatic rings. The first-order chi connectivity index (χ1) is 6.36. The SMILES string of the molecule is O=C1N=Nc2c1cnc1nc[nH]c21. The van der Waals surface area contributed by atoms with Crippen molar-refractivity contribution in [1.29, 1.82) is 0 Å². The van der Waals surface area contributed by atoms with Gasteiger partial charge in [-0.2, -0.15) is 0 Å². The van der Waals surface area contributed by atoms with Crippen molar-refractivity contribution in [2.75, 3.05) is 0 Å². The quantitative estimate of drug-likeness (QED) is 0.649. The molecule has 2 aromatic heterocycles. The van der Waals surface area contributed by atoms with Crippen LogP contribution in [0.3, 0.4) is 0 Å². The van der Waals surface area contributed by atoms with Crippen LogP contribution in [0, 0.1) is 0 Å². The Labute approximate surface area is 71.7 Å². The Bertz CT molecular complexity index is 541. The van der Waals surface area contributed by atoms with Gasteiger partial charge in [0, 0.05) is 6.20 Å². The summed E-state index contributed by atoms with van der Waals surface area (Å²) in [6, 6.07) is 0. The molecular weight excluding hydrogens is 170 g/mol. The monoisotopic (exact) mass is 173 g/mol. The summed E-state index contributed by atoms with van der Waals surface area (Å²) in [5.74, 6) is -0.348. The number of imidazole rings is 1. The van der Waals surface area contributed by atoms with Gasteiger partial charge in [-0.1, -0.05) is 0 Å². The van der Waals surface area contributed by atoms with Crippen LogP contribution in [0.2, 0.25) is 0 Å². The second-order valence-corrected chi connectivity index (χ2v) is 2.63. The van der Waals surface area contributed by atoms with Gasteiger partial charge in [0.25, 0.3) is 5.91 Å². The van der Waals surface area contributed by atoms with Gasteiger partial charge >= 0.3 is 0 Å². The van der Waals surface area contributed by atoms with Gasteiger partial charge < -0.3 is 4.98 Å². The Hall–Kier alpha value is -2.11. The van der Waals surface area contributed by atoms with Crippen molar-refractivity contribution in [2.45, 2.75) is 0 Å². The highest BCUT2D eigenvalue weighted by molar-refractivity contribution is 6.07. The first-order valence-electron chi connectivity index (χ1n) is 3.64. The molecule has 3 heterocycles. The van der Waals surface area contributed by atoms with Crippen LogP contribution in [-0.2, 0) is 0 Å². The van der Waals surface area contributed by atoms with E-state index in [0.29, 0.717) is 22.4 Å². The molecule has 0 aliphatic carbocycles. The minimum atomic E-state index is -0.348. The van der Waals surface area contributed by atoms with Crippen molar-refractivity contribution in [3.63, 3.8) is 0 Å². The maximum atomic E-state index is 11.1. The number of pyridine rings is 1. The van der Waals surface area contributed by atoms with Gasteiger partial charge in [0.05, 0.1) is 11.9 Å². The number of nitrogens with one attached hydrogen (secondary N) is 1. The molecule has 6 nitrogen and oxygen atoms in total. The number of carbonyl (C=O) groups excluding carboxylic acids is 1. The predicted octanol–water partition coefficient (Wildman–Crippen LogP) is 1.20. The maximum Gasteiger partial charge on any atom is 0.299 e. The van der Waals surface area contributed by atoms with E-state index in [2.05, 4.69) is 25.2 Å². The van der Waals surface area contributed by atoms with Crippen molar-refractivity contribution in [3.8, 4) is 0 Å². The van der Waals surface area contributed by atoms with E-state index < -0.39 is 0 Å². The molecule has 1 amide bonds. The largest absolute Gasteiger partial charge is 0.341 e. The lowest BCUT2D eigenvalue weighted by atomic mass is 10.2. The zero-order chi connectivity index (χ0) is 8.84. The molecule has 62 valence electrons. The number of fused-ring (bicyclic) bond motifs is 3. The summed E-state index contributed by atoms with van der Waals surface area (Å²) >= 11 is 0. The van der Waals surface area contributed by atoms with Crippen molar-refractivity contribution >= 4 is 22.8 Å². The van der Waals surface area contributed by atoms with Crippen LogP contribution in [0.15, 0.2) is 22.8 Å². The summed E-state index contributed by atoms with van der Waals surface area (Å²) in [5.41, 5.74) is 2.17. The van der Waals surface area contributed by atoms with Crippen molar-refractivity contribution < 1.29 is 4.79 Å². The van der Waals surface area contributed by atoms with Gasteiger partial charge in [-0.05, 0) is 0 Å². The number of hydrogen-bond donors (Lipinski definition) is 1. The van der Waals surface area contributed by atoms with Gasteiger partial charge in [0.2, 0.25) is 0 Å². The number of aromatic nitrogens is 3. The van der Waals surface area contributed by atoms with E-state index in [1.807, 2.05) is 0 Å². The Morgan fingerprint density at radius 1 is 1.23 bits per heavy atom. The van der Waals surface area contributed by atoms with Gasteiger partial charge in [-0.25, -0.2) is 9.97 Å². The molecule has 3 rings (SSSR count). The molecule has 0 saturated heterocycles. The van der Waals surface area contributed by atoms with Crippen LogP contribution in [0.4, 0.5) is 5.69 Å². The molecule has 13 heavy (non-hydrogen) atoms. The smallest absolute Gasteiger partial charge is 0.299 e. The Kier molecular flexibility index (Phi) is 0.974. The summed E-state index contributed by atoms with van der Waals surface area (Å²) in [7, 11) is 0. The van der Waals surface area contributed by atoms with E-state index in [1.54, 1.807) is 0 Å². The minimum Gasteiger partial charge on any atom is -0.341 e. The van der Waals surface area contributed by atoms with E-state index in [0.717, 1.165) is 0 Å². The number of aromatic amines is 1. The maximum absolute atomic E-state index is 11.1. The Balaban J connectivity index is 2.52. The van der Waals surface area contributed by atoms with Gasteiger partial charge in [0.1, 0.15) is 11.2 Å². The number of H-pyrrole nitrogens is 1. The number of amides is 1. The van der Waals surface area contributed by atoms with Crippen LogP contribution >= 0.6 is 0 Å². The van der Waals surface area contributed by atoms with Gasteiger partial charge in [-0.15, -0.1) is 10.2 Å². The molecule has 1 N–H and O–H groups in total. The average molecular weight is 173 g/mol. The standard InChI is InChI=1S/C7H3N5O/c13-7-3-1-8-6-5(9-2-10-6)4(3)11-12-7/h1-2H,(H,8,9,10).